The summed E-state index contributed by atoms with van der Waals surface area (Å²) in [7, 11) is -3.60. The molecule has 0 radical (unpaired) electrons. The van der Waals surface area contributed by atoms with Crippen molar-refractivity contribution in [2.45, 2.75) is 55.9 Å². The quantitative estimate of drug-likeness (QED) is 0.540. The van der Waals surface area contributed by atoms with Crippen LogP contribution in [-0.2, 0) is 20.8 Å². The monoisotopic (exact) mass is 577 g/mol. The van der Waals surface area contributed by atoms with E-state index in [0.717, 1.165) is 31.3 Å². The zero-order chi connectivity index (χ0) is 28.8. The fourth-order valence-electron chi connectivity index (χ4n) is 6.67. The minimum absolute atomic E-state index is 0.0696. The number of likely N-dealkylation sites (tertiary alicyclic amines) is 2. The minimum atomic E-state index is -4.59. The molecular weight excluding hydrogens is 543 g/mol. The number of nitrogens with zero attached hydrogens (tertiary/aromatic N) is 2. The fraction of sp³-hybridized carbons (Fsp3) is 0.517. The second kappa shape index (κ2) is 10.8. The van der Waals surface area contributed by atoms with Crippen LogP contribution in [-0.4, -0.2) is 73.5 Å². The molecule has 1 aliphatic carbocycles. The van der Waals surface area contributed by atoms with Gasteiger partial charge in [0, 0.05) is 37.3 Å². The fourth-order valence-corrected chi connectivity index (χ4v) is 8.41. The predicted octanol–water partition coefficient (Wildman–Crippen LogP) is 3.85. The number of alkyl halides is 3. The molecule has 5 unspecified atom stereocenters. The molecule has 2 heterocycles. The number of halogens is 3. The van der Waals surface area contributed by atoms with E-state index in [9.17, 15) is 31.2 Å². The van der Waals surface area contributed by atoms with Gasteiger partial charge in [-0.25, -0.2) is 8.42 Å². The molecule has 2 amide bonds. The number of rotatable bonds is 7. The summed E-state index contributed by atoms with van der Waals surface area (Å²) in [6, 6.07) is 11.6. The lowest BCUT2D eigenvalue weighted by Crippen LogP contribution is -2.48. The first-order chi connectivity index (χ1) is 18.8. The molecule has 0 aromatic heterocycles. The number of carbonyl (C=O) groups is 2. The van der Waals surface area contributed by atoms with E-state index < -0.39 is 33.5 Å². The second-order valence-corrected chi connectivity index (χ2v) is 13.5. The van der Waals surface area contributed by atoms with Gasteiger partial charge in [-0.2, -0.15) is 13.2 Å². The Morgan fingerprint density at radius 3 is 2.48 bits per heavy atom. The average Bonchev–Trinajstić information content (AvgIpc) is 3.58. The Kier molecular flexibility index (Phi) is 7.73. The third kappa shape index (κ3) is 5.63. The van der Waals surface area contributed by atoms with Crippen molar-refractivity contribution in [3.8, 4) is 0 Å². The molecule has 2 saturated heterocycles. The molecule has 0 spiro atoms. The van der Waals surface area contributed by atoms with E-state index >= 15 is 0 Å². The molecule has 5 rings (SSSR count). The Morgan fingerprint density at radius 1 is 1.07 bits per heavy atom. The molecule has 2 aliphatic heterocycles. The lowest BCUT2D eigenvalue weighted by Gasteiger charge is -2.33. The predicted molar refractivity (Wildman–Crippen MR) is 143 cm³/mol. The summed E-state index contributed by atoms with van der Waals surface area (Å²) in [5, 5.41) is 2.61. The molecule has 11 heteroatoms. The van der Waals surface area contributed by atoms with Crippen LogP contribution in [0.3, 0.4) is 0 Å². The maximum atomic E-state index is 13.5. The topological polar surface area (TPSA) is 86.8 Å². The van der Waals surface area contributed by atoms with Gasteiger partial charge in [-0.3, -0.25) is 9.59 Å². The first-order valence-corrected chi connectivity index (χ1v) is 15.3. The number of nitrogens with one attached hydrogen (secondary N) is 1. The third-order valence-electron chi connectivity index (χ3n) is 8.75. The number of carbonyl (C=O) groups excluding carboxylic acids is 2. The zero-order valence-electron chi connectivity index (χ0n) is 22.5. The zero-order valence-corrected chi connectivity index (χ0v) is 23.3. The van der Waals surface area contributed by atoms with Gasteiger partial charge in [0.1, 0.15) is 6.04 Å². The van der Waals surface area contributed by atoms with Crippen molar-refractivity contribution in [2.24, 2.45) is 17.8 Å². The Labute approximate surface area is 232 Å². The minimum Gasteiger partial charge on any atom is -0.340 e. The molecular formula is C29H34F3N3O4S. The number of sulfone groups is 1. The molecule has 216 valence electrons. The van der Waals surface area contributed by atoms with Gasteiger partial charge in [-0.05, 0) is 74.8 Å². The smallest absolute Gasteiger partial charge is 0.340 e. The molecule has 2 aromatic carbocycles. The summed E-state index contributed by atoms with van der Waals surface area (Å²) in [5.74, 6) is -1.01. The summed E-state index contributed by atoms with van der Waals surface area (Å²) in [4.78, 5) is 30.6. The van der Waals surface area contributed by atoms with Crippen molar-refractivity contribution in [2.75, 3.05) is 25.4 Å². The highest BCUT2D eigenvalue weighted by Crippen LogP contribution is 2.47. The summed E-state index contributed by atoms with van der Waals surface area (Å²) in [5.41, 5.74) is -1.10. The largest absolute Gasteiger partial charge is 0.416 e. The SMILES string of the molecule is CC(C)N1CC2CC(N3CCC(NC(=O)c4cccc(C(F)(F)F)c4)C3=O)C(CS(=O)(=O)c3ccccc3)C2C1. The van der Waals surface area contributed by atoms with E-state index in [4.69, 9.17) is 0 Å². The standard InChI is InChI=1S/C29H34F3N3O4S/c1-18(2)34-15-20-14-26(24(23(20)16-34)17-40(38,39)22-9-4-3-5-10-22)35-12-11-25(28(35)37)33-27(36)19-7-6-8-21(13-19)29(30,31)32/h3-10,13,18,20,23-26H,11-12,14-17H2,1-2H3,(H,33,36). The van der Waals surface area contributed by atoms with Crippen molar-refractivity contribution >= 4 is 21.7 Å². The Bertz CT molecular complexity index is 1370. The number of fused-ring (bicyclic) bond motifs is 1. The summed E-state index contributed by atoms with van der Waals surface area (Å²) in [6.07, 6.45) is -3.59. The normalized spacial score (nSPS) is 27.4. The van der Waals surface area contributed by atoms with Gasteiger partial charge in [0.2, 0.25) is 5.91 Å². The lowest BCUT2D eigenvalue weighted by molar-refractivity contribution is -0.137. The average molecular weight is 578 g/mol. The molecule has 2 aromatic rings. The molecule has 1 N–H and O–H groups in total. The lowest BCUT2D eigenvalue weighted by atomic mass is 9.92. The van der Waals surface area contributed by atoms with Crippen molar-refractivity contribution in [3.63, 3.8) is 0 Å². The first kappa shape index (κ1) is 28.6. The van der Waals surface area contributed by atoms with Gasteiger partial charge >= 0.3 is 6.18 Å². The maximum absolute atomic E-state index is 13.5. The van der Waals surface area contributed by atoms with E-state index in [2.05, 4.69) is 24.1 Å². The van der Waals surface area contributed by atoms with Gasteiger partial charge in [0.25, 0.3) is 5.91 Å². The van der Waals surface area contributed by atoms with E-state index in [1.807, 2.05) is 0 Å². The first-order valence-electron chi connectivity index (χ1n) is 13.7. The van der Waals surface area contributed by atoms with Crippen LogP contribution in [0.2, 0.25) is 0 Å². The Balaban J connectivity index is 1.34. The second-order valence-electron chi connectivity index (χ2n) is 11.5. The Hall–Kier alpha value is -2.92. The maximum Gasteiger partial charge on any atom is 0.416 e. The van der Waals surface area contributed by atoms with Crippen molar-refractivity contribution in [1.29, 1.82) is 0 Å². The van der Waals surface area contributed by atoms with Crippen molar-refractivity contribution < 1.29 is 31.2 Å². The number of hydrogen-bond donors (Lipinski definition) is 1. The van der Waals surface area contributed by atoms with Gasteiger partial charge in [0.15, 0.2) is 9.84 Å². The van der Waals surface area contributed by atoms with Crippen LogP contribution >= 0.6 is 0 Å². The van der Waals surface area contributed by atoms with E-state index in [0.29, 0.717) is 25.4 Å². The van der Waals surface area contributed by atoms with Crippen LogP contribution < -0.4 is 5.32 Å². The molecule has 0 bridgehead atoms. The van der Waals surface area contributed by atoms with Crippen LogP contribution in [0.5, 0.6) is 0 Å². The van der Waals surface area contributed by atoms with Gasteiger partial charge in [0.05, 0.1) is 16.2 Å². The van der Waals surface area contributed by atoms with Gasteiger partial charge in [-0.15, -0.1) is 0 Å². The highest BCUT2D eigenvalue weighted by atomic mass is 32.2. The summed E-state index contributed by atoms with van der Waals surface area (Å²) >= 11 is 0. The molecule has 5 atom stereocenters. The number of hydrogen-bond acceptors (Lipinski definition) is 5. The van der Waals surface area contributed by atoms with E-state index in [-0.39, 0.29) is 45.9 Å². The highest BCUT2D eigenvalue weighted by molar-refractivity contribution is 7.91. The summed E-state index contributed by atoms with van der Waals surface area (Å²) < 4.78 is 66.2. The van der Waals surface area contributed by atoms with E-state index in [1.54, 1.807) is 35.2 Å². The third-order valence-corrected chi connectivity index (χ3v) is 10.6. The van der Waals surface area contributed by atoms with Gasteiger partial charge in [-0.1, -0.05) is 24.3 Å². The van der Waals surface area contributed by atoms with E-state index in [1.165, 1.54) is 6.07 Å². The van der Waals surface area contributed by atoms with Crippen LogP contribution in [0.25, 0.3) is 0 Å². The van der Waals surface area contributed by atoms with Crippen LogP contribution in [0, 0.1) is 17.8 Å². The molecule has 7 nitrogen and oxygen atoms in total. The Morgan fingerprint density at radius 2 is 1.80 bits per heavy atom. The van der Waals surface area contributed by atoms with Crippen LogP contribution in [0.15, 0.2) is 59.5 Å². The van der Waals surface area contributed by atoms with Crippen LogP contribution in [0.1, 0.15) is 42.6 Å². The van der Waals surface area contributed by atoms with Gasteiger partial charge < -0.3 is 15.1 Å². The van der Waals surface area contributed by atoms with Crippen molar-refractivity contribution in [1.82, 2.24) is 15.1 Å². The number of benzene rings is 2. The molecule has 3 fully saturated rings. The molecule has 3 aliphatic rings. The highest BCUT2D eigenvalue weighted by Gasteiger charge is 2.53. The number of amides is 2. The molecule has 1 saturated carbocycles. The molecule has 40 heavy (non-hydrogen) atoms. The van der Waals surface area contributed by atoms with Crippen molar-refractivity contribution in [3.05, 3.63) is 65.7 Å². The van der Waals surface area contributed by atoms with Crippen LogP contribution in [0.4, 0.5) is 13.2 Å². The summed E-state index contributed by atoms with van der Waals surface area (Å²) in [6.45, 7) is 6.21.